The Bertz CT molecular complexity index is 1210. The molecule has 156 valence electrons. The van der Waals surface area contributed by atoms with Gasteiger partial charge in [-0.25, -0.2) is 9.69 Å². The molecule has 0 unspecified atom stereocenters. The van der Waals surface area contributed by atoms with Crippen LogP contribution in [0.3, 0.4) is 0 Å². The Morgan fingerprint density at radius 1 is 0.781 bits per heavy atom. The first-order chi connectivity index (χ1) is 15.6. The second-order valence-corrected chi connectivity index (χ2v) is 8.40. The summed E-state index contributed by atoms with van der Waals surface area (Å²) in [6, 6.07) is 22.8. The first-order valence-electron chi connectivity index (χ1n) is 10.6. The molecule has 1 saturated heterocycles. The SMILES string of the molecule is C=CC(=O)Oc1cccc(N2C(=O)[C@@H]3C4c5ccccc5C(c5ccccc54)[C@@H]3C2=O)c1. The molecule has 1 fully saturated rings. The van der Waals surface area contributed by atoms with Gasteiger partial charge in [-0.05, 0) is 34.4 Å². The molecule has 1 heterocycles. The van der Waals surface area contributed by atoms with Crippen molar-refractivity contribution in [3.8, 4) is 5.75 Å². The minimum absolute atomic E-state index is 0.152. The number of esters is 1. The normalized spacial score (nSPS) is 24.6. The van der Waals surface area contributed by atoms with Gasteiger partial charge in [-0.1, -0.05) is 61.2 Å². The van der Waals surface area contributed by atoms with Crippen molar-refractivity contribution in [2.45, 2.75) is 11.8 Å². The Hall–Kier alpha value is -3.99. The van der Waals surface area contributed by atoms with Crippen LogP contribution in [0.2, 0.25) is 0 Å². The fraction of sp³-hybridized carbons (Fsp3) is 0.148. The number of carbonyl (C=O) groups excluding carboxylic acids is 3. The van der Waals surface area contributed by atoms with Crippen LogP contribution < -0.4 is 9.64 Å². The van der Waals surface area contributed by atoms with Crippen LogP contribution in [0.5, 0.6) is 5.75 Å². The second-order valence-electron chi connectivity index (χ2n) is 8.40. The Balaban J connectivity index is 1.47. The van der Waals surface area contributed by atoms with Gasteiger partial charge < -0.3 is 4.74 Å². The number of carbonyl (C=O) groups is 3. The number of benzene rings is 3. The number of amides is 2. The smallest absolute Gasteiger partial charge is 0.335 e. The van der Waals surface area contributed by atoms with Gasteiger partial charge >= 0.3 is 5.97 Å². The third-order valence-corrected chi connectivity index (χ3v) is 6.91. The van der Waals surface area contributed by atoms with Crippen LogP contribution in [-0.2, 0) is 14.4 Å². The van der Waals surface area contributed by atoms with E-state index in [1.807, 2.05) is 24.3 Å². The maximum atomic E-state index is 13.7. The van der Waals surface area contributed by atoms with Gasteiger partial charge in [0.05, 0.1) is 17.5 Å². The average Bonchev–Trinajstić information content (AvgIpc) is 3.09. The molecule has 3 aromatic rings. The van der Waals surface area contributed by atoms with Gasteiger partial charge in [-0.2, -0.15) is 0 Å². The first kappa shape index (κ1) is 18.8. The van der Waals surface area contributed by atoms with Crippen molar-refractivity contribution < 1.29 is 19.1 Å². The largest absolute Gasteiger partial charge is 0.423 e. The average molecular weight is 421 g/mol. The standard InChI is InChI=1S/C27H19NO4/c1-2-21(29)32-16-9-7-8-15(14-16)28-26(30)24-22-17-10-3-4-11-18(17)23(25(24)27(28)31)20-13-6-5-12-19(20)22/h2-14,22-25H,1H2/t22?,23?,24-,25+. The molecule has 0 N–H and O–H groups in total. The predicted octanol–water partition coefficient (Wildman–Crippen LogP) is 4.17. The molecule has 2 atom stereocenters. The van der Waals surface area contributed by atoms with E-state index in [1.54, 1.807) is 24.3 Å². The fourth-order valence-electron chi connectivity index (χ4n) is 5.78. The molecular formula is C27H19NO4. The van der Waals surface area contributed by atoms with Crippen molar-refractivity contribution in [2.75, 3.05) is 4.90 Å². The van der Waals surface area contributed by atoms with Crippen molar-refractivity contribution in [3.05, 3.63) is 108 Å². The number of ether oxygens (including phenoxy) is 1. The van der Waals surface area contributed by atoms with Crippen LogP contribution in [0.25, 0.3) is 0 Å². The molecule has 5 heteroatoms. The fourth-order valence-corrected chi connectivity index (χ4v) is 5.78. The predicted molar refractivity (Wildman–Crippen MR) is 118 cm³/mol. The highest BCUT2D eigenvalue weighted by atomic mass is 16.5. The van der Waals surface area contributed by atoms with E-state index >= 15 is 0 Å². The third-order valence-electron chi connectivity index (χ3n) is 6.91. The zero-order chi connectivity index (χ0) is 22.0. The maximum absolute atomic E-state index is 13.7. The van der Waals surface area contributed by atoms with Gasteiger partial charge in [0.15, 0.2) is 0 Å². The van der Waals surface area contributed by atoms with E-state index in [0.29, 0.717) is 5.69 Å². The molecule has 4 aliphatic rings. The second kappa shape index (κ2) is 6.76. The highest BCUT2D eigenvalue weighted by molar-refractivity contribution is 6.23. The third kappa shape index (κ3) is 2.42. The molecule has 0 spiro atoms. The van der Waals surface area contributed by atoms with E-state index in [-0.39, 0.29) is 29.4 Å². The molecule has 0 radical (unpaired) electrons. The number of hydrogen-bond donors (Lipinski definition) is 0. The van der Waals surface area contributed by atoms with E-state index < -0.39 is 17.8 Å². The van der Waals surface area contributed by atoms with Crippen molar-refractivity contribution in [2.24, 2.45) is 11.8 Å². The van der Waals surface area contributed by atoms with E-state index in [4.69, 9.17) is 4.74 Å². The van der Waals surface area contributed by atoms with Gasteiger partial charge in [0.2, 0.25) is 11.8 Å². The number of rotatable bonds is 3. The van der Waals surface area contributed by atoms with Crippen LogP contribution >= 0.6 is 0 Å². The topological polar surface area (TPSA) is 63.7 Å². The van der Waals surface area contributed by atoms with Crippen LogP contribution in [0.4, 0.5) is 5.69 Å². The lowest BCUT2D eigenvalue weighted by atomic mass is 9.55. The van der Waals surface area contributed by atoms with E-state index in [9.17, 15) is 14.4 Å². The maximum Gasteiger partial charge on any atom is 0.335 e. The number of imide groups is 1. The van der Waals surface area contributed by atoms with Crippen LogP contribution in [0, 0.1) is 11.8 Å². The lowest BCUT2D eigenvalue weighted by Gasteiger charge is -2.45. The number of nitrogens with zero attached hydrogens (tertiary/aromatic N) is 1. The molecule has 3 aromatic carbocycles. The summed E-state index contributed by atoms with van der Waals surface area (Å²) in [6.45, 7) is 3.40. The van der Waals surface area contributed by atoms with Crippen molar-refractivity contribution in [1.82, 2.24) is 0 Å². The summed E-state index contributed by atoms with van der Waals surface area (Å²) >= 11 is 0. The number of hydrogen-bond acceptors (Lipinski definition) is 4. The summed E-state index contributed by atoms with van der Waals surface area (Å²) in [4.78, 5) is 40.3. The summed E-state index contributed by atoms with van der Waals surface area (Å²) in [7, 11) is 0. The first-order valence-corrected chi connectivity index (χ1v) is 10.6. The lowest BCUT2D eigenvalue weighted by Crippen LogP contribution is -2.41. The summed E-state index contributed by atoms with van der Waals surface area (Å²) in [6.07, 6.45) is 1.07. The van der Waals surface area contributed by atoms with Gasteiger partial charge in [-0.15, -0.1) is 0 Å². The zero-order valence-electron chi connectivity index (χ0n) is 17.1. The Kier molecular flexibility index (Phi) is 3.96. The van der Waals surface area contributed by atoms with Crippen LogP contribution in [-0.4, -0.2) is 17.8 Å². The Morgan fingerprint density at radius 3 is 1.75 bits per heavy atom. The highest BCUT2D eigenvalue weighted by Gasteiger charge is 2.61. The van der Waals surface area contributed by atoms with E-state index in [2.05, 4.69) is 30.8 Å². The van der Waals surface area contributed by atoms with Crippen molar-refractivity contribution >= 4 is 23.5 Å². The van der Waals surface area contributed by atoms with E-state index in [1.165, 1.54) is 4.90 Å². The highest BCUT2D eigenvalue weighted by Crippen LogP contribution is 2.61. The number of anilines is 1. The van der Waals surface area contributed by atoms with Gasteiger partial charge in [0, 0.05) is 24.0 Å². The molecule has 0 saturated carbocycles. The molecule has 2 bridgehead atoms. The minimum atomic E-state index is -0.598. The summed E-state index contributed by atoms with van der Waals surface area (Å²) < 4.78 is 5.20. The van der Waals surface area contributed by atoms with E-state index in [0.717, 1.165) is 28.3 Å². The molecular weight excluding hydrogens is 402 g/mol. The lowest BCUT2D eigenvalue weighted by molar-refractivity contribution is -0.129. The zero-order valence-corrected chi connectivity index (χ0v) is 17.1. The summed E-state index contributed by atoms with van der Waals surface area (Å²) in [5, 5.41) is 0. The monoisotopic (exact) mass is 421 g/mol. The molecule has 0 aromatic heterocycles. The summed E-state index contributed by atoms with van der Waals surface area (Å²) in [5.74, 6) is -1.94. The van der Waals surface area contributed by atoms with Gasteiger partial charge in [-0.3, -0.25) is 9.59 Å². The molecule has 3 aliphatic carbocycles. The van der Waals surface area contributed by atoms with Gasteiger partial charge in [0.25, 0.3) is 0 Å². The molecule has 5 nitrogen and oxygen atoms in total. The molecule has 32 heavy (non-hydrogen) atoms. The van der Waals surface area contributed by atoms with Crippen molar-refractivity contribution in [1.29, 1.82) is 0 Å². The molecule has 7 rings (SSSR count). The minimum Gasteiger partial charge on any atom is -0.423 e. The summed E-state index contributed by atoms with van der Waals surface area (Å²) in [5.41, 5.74) is 4.95. The van der Waals surface area contributed by atoms with Crippen molar-refractivity contribution in [3.63, 3.8) is 0 Å². The Morgan fingerprint density at radius 2 is 1.28 bits per heavy atom. The van der Waals surface area contributed by atoms with Crippen LogP contribution in [0.1, 0.15) is 34.1 Å². The van der Waals surface area contributed by atoms with Gasteiger partial charge in [0.1, 0.15) is 5.75 Å². The van der Waals surface area contributed by atoms with Crippen LogP contribution in [0.15, 0.2) is 85.5 Å². The molecule has 1 aliphatic heterocycles. The Labute approximate surface area is 184 Å². The quantitative estimate of drug-likeness (QED) is 0.276. The molecule has 2 amide bonds.